The minimum Gasteiger partial charge on any atom is -0.481 e. The fourth-order valence-corrected chi connectivity index (χ4v) is 2.25. The summed E-state index contributed by atoms with van der Waals surface area (Å²) < 4.78 is 0. The van der Waals surface area contributed by atoms with Crippen LogP contribution in [0.3, 0.4) is 0 Å². The van der Waals surface area contributed by atoms with Crippen LogP contribution < -0.4 is 5.32 Å². The number of nitrogens with one attached hydrogen (secondary N) is 1. The summed E-state index contributed by atoms with van der Waals surface area (Å²) in [7, 11) is 0. The second kappa shape index (κ2) is 7.81. The normalized spacial score (nSPS) is 10.3. The Balaban J connectivity index is 2.05. The molecule has 0 fully saturated rings. The zero-order chi connectivity index (χ0) is 13.4. The molecule has 6 heteroatoms. The molecule has 1 aromatic rings. The van der Waals surface area contributed by atoms with Gasteiger partial charge in [0.15, 0.2) is 0 Å². The molecule has 18 heavy (non-hydrogen) atoms. The van der Waals surface area contributed by atoms with Crippen LogP contribution in [0.1, 0.15) is 36.4 Å². The van der Waals surface area contributed by atoms with Gasteiger partial charge in [-0.25, -0.2) is 4.98 Å². The van der Waals surface area contributed by atoms with E-state index in [0.29, 0.717) is 25.8 Å². The molecule has 0 unspecified atom stereocenters. The molecule has 1 aromatic heterocycles. The predicted molar refractivity (Wildman–Crippen MR) is 69.7 cm³/mol. The smallest absolute Gasteiger partial charge is 0.303 e. The van der Waals surface area contributed by atoms with E-state index in [0.717, 1.165) is 17.1 Å². The summed E-state index contributed by atoms with van der Waals surface area (Å²) >= 11 is 1.60. The number of aliphatic carboxylic acids is 1. The topological polar surface area (TPSA) is 79.3 Å². The Kier molecular flexibility index (Phi) is 6.35. The van der Waals surface area contributed by atoms with Gasteiger partial charge in [0.05, 0.1) is 5.01 Å². The molecule has 0 saturated heterocycles. The molecule has 0 aliphatic carbocycles. The molecule has 0 radical (unpaired) electrons. The van der Waals surface area contributed by atoms with Gasteiger partial charge in [0.1, 0.15) is 0 Å². The average molecular weight is 270 g/mol. The van der Waals surface area contributed by atoms with Crippen molar-refractivity contribution in [3.63, 3.8) is 0 Å². The molecular formula is C12H18N2O3S. The Labute approximate surface area is 110 Å². The number of amides is 1. The Morgan fingerprint density at radius 3 is 2.72 bits per heavy atom. The number of carbonyl (C=O) groups is 2. The van der Waals surface area contributed by atoms with Gasteiger partial charge in [-0.2, -0.15) is 0 Å². The van der Waals surface area contributed by atoms with Crippen LogP contribution in [0.15, 0.2) is 5.38 Å². The van der Waals surface area contributed by atoms with Crippen molar-refractivity contribution in [1.29, 1.82) is 0 Å². The summed E-state index contributed by atoms with van der Waals surface area (Å²) in [5.74, 6) is -0.830. The van der Waals surface area contributed by atoms with Crippen molar-refractivity contribution in [3.05, 3.63) is 16.1 Å². The lowest BCUT2D eigenvalue weighted by Crippen LogP contribution is -2.25. The monoisotopic (exact) mass is 270 g/mol. The number of carboxylic acids is 1. The van der Waals surface area contributed by atoms with Crippen molar-refractivity contribution in [1.82, 2.24) is 10.3 Å². The van der Waals surface area contributed by atoms with Gasteiger partial charge < -0.3 is 10.4 Å². The molecule has 2 N–H and O–H groups in total. The highest BCUT2D eigenvalue weighted by molar-refractivity contribution is 7.09. The summed E-state index contributed by atoms with van der Waals surface area (Å²) in [6.07, 6.45) is 2.44. The molecule has 0 aliphatic heterocycles. The molecule has 0 spiro atoms. The molecule has 1 rings (SSSR count). The minimum atomic E-state index is -0.811. The number of carboxylic acid groups (broad SMARTS) is 1. The Hall–Kier alpha value is -1.43. The van der Waals surface area contributed by atoms with Gasteiger partial charge in [0, 0.05) is 36.9 Å². The first kappa shape index (κ1) is 14.6. The fourth-order valence-electron chi connectivity index (χ4n) is 1.48. The second-order valence-corrected chi connectivity index (χ2v) is 5.03. The number of aryl methyl sites for hydroxylation is 1. The average Bonchev–Trinajstić information content (AvgIpc) is 2.70. The number of aromatic nitrogens is 1. The first-order valence-corrected chi connectivity index (χ1v) is 6.85. The van der Waals surface area contributed by atoms with E-state index in [2.05, 4.69) is 10.3 Å². The Morgan fingerprint density at radius 2 is 2.11 bits per heavy atom. The molecule has 0 bridgehead atoms. The van der Waals surface area contributed by atoms with Gasteiger partial charge >= 0.3 is 5.97 Å². The van der Waals surface area contributed by atoms with E-state index in [1.54, 1.807) is 11.3 Å². The zero-order valence-electron chi connectivity index (χ0n) is 10.4. The third kappa shape index (κ3) is 6.34. The van der Waals surface area contributed by atoms with Crippen LogP contribution in [-0.2, 0) is 16.0 Å². The maximum absolute atomic E-state index is 11.4. The van der Waals surface area contributed by atoms with Gasteiger partial charge in [-0.3, -0.25) is 9.59 Å². The predicted octanol–water partition coefficient (Wildman–Crippen LogP) is 1.76. The number of nitrogens with zero attached hydrogens (tertiary/aromatic N) is 1. The molecule has 100 valence electrons. The van der Waals surface area contributed by atoms with Gasteiger partial charge in [-0.15, -0.1) is 11.3 Å². The SMILES string of the molecule is Cc1csc(CCNC(=O)CCCCC(=O)O)n1. The van der Waals surface area contributed by atoms with Crippen molar-refractivity contribution < 1.29 is 14.7 Å². The van der Waals surface area contributed by atoms with Crippen LogP contribution >= 0.6 is 11.3 Å². The van der Waals surface area contributed by atoms with Crippen molar-refractivity contribution in [3.8, 4) is 0 Å². The molecule has 0 saturated carbocycles. The summed E-state index contributed by atoms with van der Waals surface area (Å²) in [6.45, 7) is 2.53. The van der Waals surface area contributed by atoms with Gasteiger partial charge in [-0.1, -0.05) is 0 Å². The molecule has 5 nitrogen and oxygen atoms in total. The molecule has 0 atom stereocenters. The number of hydrogen-bond acceptors (Lipinski definition) is 4. The molecule has 1 heterocycles. The number of unbranched alkanes of at least 4 members (excludes halogenated alkanes) is 1. The second-order valence-electron chi connectivity index (χ2n) is 4.08. The number of carbonyl (C=O) groups excluding carboxylic acids is 1. The maximum atomic E-state index is 11.4. The van der Waals surface area contributed by atoms with Crippen LogP contribution in [0.2, 0.25) is 0 Å². The Morgan fingerprint density at radius 1 is 1.39 bits per heavy atom. The quantitative estimate of drug-likeness (QED) is 0.705. The van der Waals surface area contributed by atoms with E-state index >= 15 is 0 Å². The maximum Gasteiger partial charge on any atom is 0.303 e. The third-order valence-corrected chi connectivity index (χ3v) is 3.40. The lowest BCUT2D eigenvalue weighted by molar-refractivity contribution is -0.137. The van der Waals surface area contributed by atoms with E-state index in [1.807, 2.05) is 12.3 Å². The van der Waals surface area contributed by atoms with E-state index in [4.69, 9.17) is 5.11 Å². The fraction of sp³-hybridized carbons (Fsp3) is 0.583. The summed E-state index contributed by atoms with van der Waals surface area (Å²) in [6, 6.07) is 0. The van der Waals surface area contributed by atoms with Crippen LogP contribution in [-0.4, -0.2) is 28.5 Å². The first-order valence-electron chi connectivity index (χ1n) is 5.97. The van der Waals surface area contributed by atoms with Crippen molar-refractivity contribution >= 4 is 23.2 Å². The molecule has 0 aromatic carbocycles. The van der Waals surface area contributed by atoms with Crippen LogP contribution in [0.5, 0.6) is 0 Å². The van der Waals surface area contributed by atoms with E-state index in [1.165, 1.54) is 0 Å². The lowest BCUT2D eigenvalue weighted by atomic mass is 10.2. The molecular weight excluding hydrogens is 252 g/mol. The minimum absolute atomic E-state index is 0.0198. The number of hydrogen-bond donors (Lipinski definition) is 2. The number of thiazole rings is 1. The Bertz CT molecular complexity index is 404. The van der Waals surface area contributed by atoms with Crippen molar-refractivity contribution in [2.24, 2.45) is 0 Å². The highest BCUT2D eigenvalue weighted by Crippen LogP contribution is 2.08. The largest absolute Gasteiger partial charge is 0.481 e. The summed E-state index contributed by atoms with van der Waals surface area (Å²) in [4.78, 5) is 26.0. The standard InChI is InChI=1S/C12H18N2O3S/c1-9-8-18-11(14-9)6-7-13-10(15)4-2-3-5-12(16)17/h8H,2-7H2,1H3,(H,13,15)(H,16,17). The van der Waals surface area contributed by atoms with Crippen molar-refractivity contribution in [2.75, 3.05) is 6.54 Å². The highest BCUT2D eigenvalue weighted by Gasteiger charge is 2.03. The van der Waals surface area contributed by atoms with Gasteiger partial charge in [0.2, 0.25) is 5.91 Å². The van der Waals surface area contributed by atoms with Crippen molar-refractivity contribution in [2.45, 2.75) is 39.0 Å². The summed E-state index contributed by atoms with van der Waals surface area (Å²) in [5.41, 5.74) is 1.01. The molecule has 0 aliphatic rings. The first-order chi connectivity index (χ1) is 8.58. The molecule has 1 amide bonds. The van der Waals surface area contributed by atoms with Crippen LogP contribution in [0.25, 0.3) is 0 Å². The van der Waals surface area contributed by atoms with E-state index < -0.39 is 5.97 Å². The van der Waals surface area contributed by atoms with Gasteiger partial charge in [0.25, 0.3) is 0 Å². The van der Waals surface area contributed by atoms with E-state index in [-0.39, 0.29) is 12.3 Å². The number of rotatable bonds is 8. The summed E-state index contributed by atoms with van der Waals surface area (Å²) in [5, 5.41) is 14.3. The van der Waals surface area contributed by atoms with Gasteiger partial charge in [-0.05, 0) is 19.8 Å². The van der Waals surface area contributed by atoms with Crippen LogP contribution in [0.4, 0.5) is 0 Å². The van der Waals surface area contributed by atoms with Crippen LogP contribution in [0, 0.1) is 6.92 Å². The zero-order valence-corrected chi connectivity index (χ0v) is 11.3. The third-order valence-electron chi connectivity index (χ3n) is 2.37. The van der Waals surface area contributed by atoms with E-state index in [9.17, 15) is 9.59 Å². The lowest BCUT2D eigenvalue weighted by Gasteiger charge is -2.03. The highest BCUT2D eigenvalue weighted by atomic mass is 32.1.